The second-order valence-corrected chi connectivity index (χ2v) is 7.12. The van der Waals surface area contributed by atoms with Crippen molar-refractivity contribution in [1.29, 1.82) is 0 Å². The van der Waals surface area contributed by atoms with E-state index in [1.165, 1.54) is 6.07 Å². The molecule has 102 valence electrons. The Balaban J connectivity index is 2.80. The molecule has 0 saturated carbocycles. The average Bonchev–Trinajstić information content (AvgIpc) is 2.31. The minimum absolute atomic E-state index is 0.00295. The van der Waals surface area contributed by atoms with Gasteiger partial charge in [-0.25, -0.2) is 17.5 Å². The normalized spacial score (nSPS) is 13.4. The standard InChI is InChI=1S/C10H15FN2O3S2/c1-2-17(14)6-5-13-18(15,16)10-7-8(12)3-4-9(10)11/h3-4,7,13H,2,5-6,12H2,1H3. The Labute approximate surface area is 108 Å². The van der Waals surface area contributed by atoms with Gasteiger partial charge in [0.15, 0.2) is 0 Å². The number of nitrogen functional groups attached to an aromatic ring is 1. The molecule has 1 aromatic rings. The molecule has 1 atom stereocenters. The van der Waals surface area contributed by atoms with E-state index in [4.69, 9.17) is 5.73 Å². The van der Waals surface area contributed by atoms with Crippen LogP contribution in [-0.2, 0) is 20.8 Å². The quantitative estimate of drug-likeness (QED) is 0.746. The van der Waals surface area contributed by atoms with Crippen LogP contribution in [0.1, 0.15) is 6.92 Å². The Hall–Kier alpha value is -0.990. The molecule has 0 spiro atoms. The van der Waals surface area contributed by atoms with Gasteiger partial charge < -0.3 is 5.73 Å². The highest BCUT2D eigenvalue weighted by Crippen LogP contribution is 2.17. The van der Waals surface area contributed by atoms with E-state index >= 15 is 0 Å². The summed E-state index contributed by atoms with van der Waals surface area (Å²) in [6.07, 6.45) is 0. The molecule has 0 fully saturated rings. The van der Waals surface area contributed by atoms with Crippen LogP contribution in [0.4, 0.5) is 10.1 Å². The molecule has 3 N–H and O–H groups in total. The van der Waals surface area contributed by atoms with Crippen molar-refractivity contribution in [2.75, 3.05) is 23.8 Å². The minimum atomic E-state index is -3.96. The molecular formula is C10H15FN2O3S2. The lowest BCUT2D eigenvalue weighted by Crippen LogP contribution is -2.29. The van der Waals surface area contributed by atoms with Crippen LogP contribution in [0.3, 0.4) is 0 Å². The zero-order valence-corrected chi connectivity index (χ0v) is 11.5. The van der Waals surface area contributed by atoms with Crippen molar-refractivity contribution in [3.8, 4) is 0 Å². The minimum Gasteiger partial charge on any atom is -0.399 e. The molecule has 0 heterocycles. The molecule has 1 unspecified atom stereocenters. The van der Waals surface area contributed by atoms with Gasteiger partial charge in [0, 0.05) is 34.5 Å². The number of sulfonamides is 1. The fourth-order valence-corrected chi connectivity index (χ4v) is 3.13. The largest absolute Gasteiger partial charge is 0.399 e. The second-order valence-electron chi connectivity index (χ2n) is 3.52. The Morgan fingerprint density at radius 1 is 1.44 bits per heavy atom. The lowest BCUT2D eigenvalue weighted by molar-refractivity contribution is 0.559. The van der Waals surface area contributed by atoms with Gasteiger partial charge in [-0.05, 0) is 18.2 Å². The second kappa shape index (κ2) is 6.26. The number of nitrogens with one attached hydrogen (secondary N) is 1. The van der Waals surface area contributed by atoms with Crippen molar-refractivity contribution in [1.82, 2.24) is 4.72 Å². The van der Waals surface area contributed by atoms with Crippen molar-refractivity contribution in [2.45, 2.75) is 11.8 Å². The predicted molar refractivity (Wildman–Crippen MR) is 69.6 cm³/mol. The Morgan fingerprint density at radius 2 is 2.11 bits per heavy atom. The molecule has 0 amide bonds. The summed E-state index contributed by atoms with van der Waals surface area (Å²) in [5.74, 6) is -0.220. The lowest BCUT2D eigenvalue weighted by Gasteiger charge is -2.08. The van der Waals surface area contributed by atoms with Gasteiger partial charge in [0.2, 0.25) is 10.0 Å². The molecule has 1 aromatic carbocycles. The first kappa shape index (κ1) is 15.1. The summed E-state index contributed by atoms with van der Waals surface area (Å²) in [6.45, 7) is 1.74. The molecule has 8 heteroatoms. The smallest absolute Gasteiger partial charge is 0.243 e. The number of benzene rings is 1. The van der Waals surface area contributed by atoms with Gasteiger partial charge in [0.05, 0.1) is 0 Å². The van der Waals surface area contributed by atoms with Crippen molar-refractivity contribution in [3.63, 3.8) is 0 Å². The Morgan fingerprint density at radius 3 is 2.72 bits per heavy atom. The summed E-state index contributed by atoms with van der Waals surface area (Å²) in [4.78, 5) is -0.496. The number of halogens is 1. The maximum absolute atomic E-state index is 13.4. The molecule has 0 aromatic heterocycles. The molecule has 1 rings (SSSR count). The van der Waals surface area contributed by atoms with Gasteiger partial charge in [0.1, 0.15) is 10.7 Å². The summed E-state index contributed by atoms with van der Waals surface area (Å²) in [5.41, 5.74) is 5.58. The van der Waals surface area contributed by atoms with Gasteiger partial charge in [-0.1, -0.05) is 6.92 Å². The van der Waals surface area contributed by atoms with Crippen LogP contribution in [-0.4, -0.2) is 30.7 Å². The van der Waals surface area contributed by atoms with Crippen molar-refractivity contribution >= 4 is 26.5 Å². The van der Waals surface area contributed by atoms with Crippen molar-refractivity contribution in [3.05, 3.63) is 24.0 Å². The molecule has 0 aliphatic carbocycles. The van der Waals surface area contributed by atoms with E-state index in [-0.39, 0.29) is 18.0 Å². The van der Waals surface area contributed by atoms with E-state index in [9.17, 15) is 17.0 Å². The SMILES string of the molecule is CCS(=O)CCNS(=O)(=O)c1cc(N)ccc1F. The van der Waals surface area contributed by atoms with Crippen LogP contribution in [0.2, 0.25) is 0 Å². The molecule has 5 nitrogen and oxygen atoms in total. The first-order valence-electron chi connectivity index (χ1n) is 5.26. The number of anilines is 1. The summed E-state index contributed by atoms with van der Waals surface area (Å²) >= 11 is 0. The van der Waals surface area contributed by atoms with Crippen LogP contribution in [0.5, 0.6) is 0 Å². The topological polar surface area (TPSA) is 89.3 Å². The zero-order valence-electron chi connectivity index (χ0n) is 9.85. The van der Waals surface area contributed by atoms with E-state index in [0.29, 0.717) is 5.75 Å². The number of rotatable bonds is 6. The summed E-state index contributed by atoms with van der Waals surface area (Å²) in [6, 6.07) is 3.32. The highest BCUT2D eigenvalue weighted by molar-refractivity contribution is 7.89. The van der Waals surface area contributed by atoms with E-state index in [1.54, 1.807) is 6.92 Å². The molecular weight excluding hydrogens is 279 g/mol. The summed E-state index contributed by atoms with van der Waals surface area (Å²) in [5, 5.41) is 0. The van der Waals surface area contributed by atoms with Crippen LogP contribution < -0.4 is 10.5 Å². The first-order valence-corrected chi connectivity index (χ1v) is 8.23. The van der Waals surface area contributed by atoms with Gasteiger partial charge >= 0.3 is 0 Å². The maximum Gasteiger partial charge on any atom is 0.243 e. The average molecular weight is 294 g/mol. The molecule has 0 aliphatic rings. The van der Waals surface area contributed by atoms with Crippen LogP contribution in [0.15, 0.2) is 23.1 Å². The van der Waals surface area contributed by atoms with Gasteiger partial charge in [-0.3, -0.25) is 4.21 Å². The van der Waals surface area contributed by atoms with E-state index in [2.05, 4.69) is 4.72 Å². The molecule has 0 saturated heterocycles. The fourth-order valence-electron chi connectivity index (χ4n) is 1.24. The van der Waals surface area contributed by atoms with Crippen LogP contribution >= 0.6 is 0 Å². The zero-order chi connectivity index (χ0) is 13.8. The van der Waals surface area contributed by atoms with E-state index < -0.39 is 31.5 Å². The monoisotopic (exact) mass is 294 g/mol. The number of hydrogen-bond donors (Lipinski definition) is 2. The third-order valence-electron chi connectivity index (χ3n) is 2.19. The predicted octanol–water partition coefficient (Wildman–Crippen LogP) is 0.455. The molecule has 0 aliphatic heterocycles. The lowest BCUT2D eigenvalue weighted by atomic mass is 10.3. The number of hydrogen-bond acceptors (Lipinski definition) is 4. The van der Waals surface area contributed by atoms with E-state index in [1.807, 2.05) is 0 Å². The number of nitrogens with two attached hydrogens (primary N) is 1. The highest BCUT2D eigenvalue weighted by atomic mass is 32.2. The summed E-state index contributed by atoms with van der Waals surface area (Å²) < 4.78 is 50.3. The molecule has 0 bridgehead atoms. The Kier molecular flexibility index (Phi) is 5.24. The highest BCUT2D eigenvalue weighted by Gasteiger charge is 2.18. The van der Waals surface area contributed by atoms with Crippen molar-refractivity contribution < 1.29 is 17.0 Å². The molecule has 18 heavy (non-hydrogen) atoms. The third kappa shape index (κ3) is 4.04. The molecule has 0 radical (unpaired) electrons. The van der Waals surface area contributed by atoms with Crippen LogP contribution in [0.25, 0.3) is 0 Å². The first-order chi connectivity index (χ1) is 8.36. The third-order valence-corrected chi connectivity index (χ3v) is 4.97. The Bertz CT molecular complexity index is 546. The van der Waals surface area contributed by atoms with Gasteiger partial charge in [-0.2, -0.15) is 0 Å². The maximum atomic E-state index is 13.4. The van der Waals surface area contributed by atoms with E-state index in [0.717, 1.165) is 12.1 Å². The van der Waals surface area contributed by atoms with Gasteiger partial charge in [-0.15, -0.1) is 0 Å². The van der Waals surface area contributed by atoms with Crippen LogP contribution in [0, 0.1) is 5.82 Å². The van der Waals surface area contributed by atoms with Gasteiger partial charge in [0.25, 0.3) is 0 Å². The fraction of sp³-hybridized carbons (Fsp3) is 0.400. The van der Waals surface area contributed by atoms with Crippen molar-refractivity contribution in [2.24, 2.45) is 0 Å². The summed E-state index contributed by atoms with van der Waals surface area (Å²) in [7, 11) is -5.03.